The molecule has 0 radical (unpaired) electrons. The van der Waals surface area contributed by atoms with E-state index in [1.54, 1.807) is 6.20 Å². The fourth-order valence-corrected chi connectivity index (χ4v) is 7.56. The maximum Gasteiger partial charge on any atom is 0.227 e. The van der Waals surface area contributed by atoms with Gasteiger partial charge in [-0.15, -0.1) is 0 Å². The predicted molar refractivity (Wildman–Crippen MR) is 211 cm³/mol. The molecular formula is C47H31N3O. The molecule has 0 atom stereocenters. The fraction of sp³-hybridized carbons (Fsp3) is 0. The van der Waals surface area contributed by atoms with Gasteiger partial charge in [-0.25, -0.2) is 4.98 Å². The zero-order valence-corrected chi connectivity index (χ0v) is 27.6. The molecule has 7 aromatic carbocycles. The summed E-state index contributed by atoms with van der Waals surface area (Å²) in [6.45, 7) is 0. The minimum atomic E-state index is 0.659. The second kappa shape index (κ2) is 11.9. The Hall–Kier alpha value is -6.91. The van der Waals surface area contributed by atoms with Gasteiger partial charge in [-0.1, -0.05) is 115 Å². The van der Waals surface area contributed by atoms with Crippen LogP contribution in [0.25, 0.3) is 71.8 Å². The van der Waals surface area contributed by atoms with Crippen molar-refractivity contribution >= 4 is 60.9 Å². The molecule has 3 heterocycles. The number of hydrogen-bond acceptors (Lipinski definition) is 3. The van der Waals surface area contributed by atoms with Crippen LogP contribution in [0.5, 0.6) is 0 Å². The lowest BCUT2D eigenvalue weighted by atomic mass is 10.00. The van der Waals surface area contributed by atoms with Crippen LogP contribution in [0.1, 0.15) is 0 Å². The van der Waals surface area contributed by atoms with E-state index in [-0.39, 0.29) is 0 Å². The zero-order valence-electron chi connectivity index (χ0n) is 27.6. The number of benzene rings is 7. The lowest BCUT2D eigenvalue weighted by molar-refractivity contribution is 0.655. The van der Waals surface area contributed by atoms with Crippen LogP contribution in [-0.2, 0) is 0 Å². The monoisotopic (exact) mass is 653 g/mol. The molecule has 0 unspecified atom stereocenters. The smallest absolute Gasteiger partial charge is 0.227 e. The van der Waals surface area contributed by atoms with Crippen LogP contribution in [0.3, 0.4) is 0 Å². The van der Waals surface area contributed by atoms with Crippen LogP contribution >= 0.6 is 0 Å². The van der Waals surface area contributed by atoms with E-state index in [9.17, 15) is 0 Å². The number of rotatable bonds is 6. The van der Waals surface area contributed by atoms with Gasteiger partial charge >= 0.3 is 0 Å². The topological polar surface area (TPSA) is 34.2 Å². The Morgan fingerprint density at radius 2 is 1.00 bits per heavy atom. The van der Waals surface area contributed by atoms with Crippen LogP contribution in [0.2, 0.25) is 0 Å². The molecule has 10 aromatic rings. The highest BCUT2D eigenvalue weighted by molar-refractivity contribution is 6.10. The van der Waals surface area contributed by atoms with Gasteiger partial charge in [-0.05, 0) is 77.9 Å². The van der Waals surface area contributed by atoms with Crippen molar-refractivity contribution in [1.29, 1.82) is 0 Å². The fourth-order valence-electron chi connectivity index (χ4n) is 7.56. The summed E-state index contributed by atoms with van der Waals surface area (Å²) < 4.78 is 8.63. The average molecular weight is 654 g/mol. The van der Waals surface area contributed by atoms with Gasteiger partial charge < -0.3 is 13.9 Å². The summed E-state index contributed by atoms with van der Waals surface area (Å²) in [5.74, 6) is 0. The van der Waals surface area contributed by atoms with Gasteiger partial charge in [-0.2, -0.15) is 0 Å². The van der Waals surface area contributed by atoms with Crippen LogP contribution < -0.4 is 4.90 Å². The molecular weight excluding hydrogens is 623 g/mol. The highest BCUT2D eigenvalue weighted by Crippen LogP contribution is 2.42. The van der Waals surface area contributed by atoms with E-state index in [2.05, 4.69) is 190 Å². The lowest BCUT2D eigenvalue weighted by Crippen LogP contribution is -2.11. The molecule has 0 aliphatic heterocycles. The number of para-hydroxylation sites is 5. The first kappa shape index (κ1) is 29.0. The number of fused-ring (bicyclic) bond motifs is 6. The van der Waals surface area contributed by atoms with E-state index in [0.717, 1.165) is 61.4 Å². The van der Waals surface area contributed by atoms with E-state index in [1.807, 2.05) is 6.07 Å². The zero-order chi connectivity index (χ0) is 33.7. The van der Waals surface area contributed by atoms with E-state index >= 15 is 0 Å². The average Bonchev–Trinajstić information content (AvgIpc) is 3.75. The molecule has 4 nitrogen and oxygen atoms in total. The van der Waals surface area contributed by atoms with Crippen molar-refractivity contribution in [2.75, 3.05) is 4.90 Å². The second-order valence-corrected chi connectivity index (χ2v) is 12.8. The van der Waals surface area contributed by atoms with E-state index in [1.165, 1.54) is 21.8 Å². The summed E-state index contributed by atoms with van der Waals surface area (Å²) in [4.78, 5) is 6.80. The number of nitrogens with zero attached hydrogens (tertiary/aromatic N) is 3. The third kappa shape index (κ3) is 4.80. The molecule has 0 N–H and O–H groups in total. The molecule has 3 aromatic heterocycles. The van der Waals surface area contributed by atoms with E-state index < -0.39 is 0 Å². The minimum absolute atomic E-state index is 0.659. The molecule has 0 amide bonds. The third-order valence-electron chi connectivity index (χ3n) is 9.89. The van der Waals surface area contributed by atoms with E-state index in [0.29, 0.717) is 5.71 Å². The molecule has 0 spiro atoms. The Bertz CT molecular complexity index is 2800. The van der Waals surface area contributed by atoms with Crippen molar-refractivity contribution in [3.63, 3.8) is 0 Å². The van der Waals surface area contributed by atoms with Gasteiger partial charge in [0.05, 0.1) is 16.7 Å². The lowest BCUT2D eigenvalue weighted by Gasteiger charge is -2.28. The summed E-state index contributed by atoms with van der Waals surface area (Å²) in [5.41, 5.74) is 12.8. The Balaban J connectivity index is 1.06. The van der Waals surface area contributed by atoms with Crippen molar-refractivity contribution in [3.05, 3.63) is 188 Å². The van der Waals surface area contributed by atoms with Crippen molar-refractivity contribution in [3.8, 4) is 27.9 Å². The first-order valence-electron chi connectivity index (χ1n) is 17.2. The number of furan rings is 1. The Morgan fingerprint density at radius 3 is 1.76 bits per heavy atom. The van der Waals surface area contributed by atoms with Gasteiger partial charge in [0.2, 0.25) is 5.71 Å². The van der Waals surface area contributed by atoms with Crippen LogP contribution in [0.15, 0.2) is 193 Å². The molecule has 0 aliphatic rings. The molecule has 51 heavy (non-hydrogen) atoms. The van der Waals surface area contributed by atoms with Crippen molar-refractivity contribution in [2.24, 2.45) is 0 Å². The molecule has 0 saturated heterocycles. The summed E-state index contributed by atoms with van der Waals surface area (Å²) in [7, 11) is 0. The molecule has 4 heteroatoms. The van der Waals surface area contributed by atoms with Crippen molar-refractivity contribution < 1.29 is 4.42 Å². The molecule has 0 aliphatic carbocycles. The highest BCUT2D eigenvalue weighted by atomic mass is 16.3. The molecule has 0 bridgehead atoms. The van der Waals surface area contributed by atoms with Gasteiger partial charge in [0.15, 0.2) is 0 Å². The minimum Gasteiger partial charge on any atom is -0.437 e. The Morgan fingerprint density at radius 1 is 0.431 bits per heavy atom. The Labute approximate surface area is 295 Å². The summed E-state index contributed by atoms with van der Waals surface area (Å²) in [6.07, 6.45) is 1.77. The predicted octanol–water partition coefficient (Wildman–Crippen LogP) is 12.9. The number of aromatic nitrogens is 2. The Kier molecular flexibility index (Phi) is 6.78. The van der Waals surface area contributed by atoms with Crippen molar-refractivity contribution in [2.45, 2.75) is 0 Å². The van der Waals surface area contributed by atoms with Crippen LogP contribution in [0, 0.1) is 0 Å². The molecule has 0 fully saturated rings. The number of anilines is 3. The quantitative estimate of drug-likeness (QED) is 0.179. The number of pyridine rings is 1. The number of hydrogen-bond donors (Lipinski definition) is 0. The first-order chi connectivity index (χ1) is 25.3. The SMILES string of the molecule is c1ccc(N(c2ccc(-c3cccc4c3oc3ncccc34)cc2)c2ccccc2-c2ccc(-n3c4ccccc4c4ccccc43)cc2)cc1. The van der Waals surface area contributed by atoms with Gasteiger partial charge in [-0.3, -0.25) is 0 Å². The van der Waals surface area contributed by atoms with Gasteiger partial charge in [0.25, 0.3) is 0 Å². The second-order valence-electron chi connectivity index (χ2n) is 12.8. The summed E-state index contributed by atoms with van der Waals surface area (Å²) in [6, 6.07) is 64.6. The molecule has 10 rings (SSSR count). The van der Waals surface area contributed by atoms with Crippen molar-refractivity contribution in [1.82, 2.24) is 9.55 Å². The maximum atomic E-state index is 6.27. The van der Waals surface area contributed by atoms with Gasteiger partial charge in [0.1, 0.15) is 5.58 Å². The summed E-state index contributed by atoms with van der Waals surface area (Å²) >= 11 is 0. The third-order valence-corrected chi connectivity index (χ3v) is 9.89. The normalized spacial score (nSPS) is 11.5. The molecule has 0 saturated carbocycles. The van der Waals surface area contributed by atoms with E-state index in [4.69, 9.17) is 4.42 Å². The first-order valence-corrected chi connectivity index (χ1v) is 17.2. The molecule has 240 valence electrons. The highest BCUT2D eigenvalue weighted by Gasteiger charge is 2.19. The maximum absolute atomic E-state index is 6.27. The largest absolute Gasteiger partial charge is 0.437 e. The van der Waals surface area contributed by atoms with Crippen LogP contribution in [0.4, 0.5) is 17.1 Å². The standard InChI is InChI=1S/C47H31N3O/c1-2-12-34(13-3-1)49(35-27-25-33(26-28-35)38-17-10-18-41-42-19-11-31-48-47(42)51-46(38)41)43-20-7-4-14-37(43)32-23-29-36(30-24-32)50-44-21-8-5-15-39(44)40-16-6-9-22-45(40)50/h1-31H. The summed E-state index contributed by atoms with van der Waals surface area (Å²) in [5, 5.41) is 4.63. The van der Waals surface area contributed by atoms with Gasteiger partial charge in [0, 0.05) is 55.9 Å². The van der Waals surface area contributed by atoms with Crippen LogP contribution in [-0.4, -0.2) is 9.55 Å².